The molecule has 0 rings (SSSR count). The Hall–Kier alpha value is -0.530. The summed E-state index contributed by atoms with van der Waals surface area (Å²) in [6.45, 7) is 9.56. The Morgan fingerprint density at radius 3 is 2.21 bits per heavy atom. The zero-order chi connectivity index (χ0) is 14.5. The van der Waals surface area contributed by atoms with Crippen molar-refractivity contribution in [1.29, 1.82) is 0 Å². The highest BCUT2D eigenvalue weighted by Gasteiger charge is 2.13. The Labute approximate surface area is 120 Å². The molecule has 0 aliphatic carbocycles. The highest BCUT2D eigenvalue weighted by atomic mass is 16.5. The van der Waals surface area contributed by atoms with E-state index in [0.717, 1.165) is 19.3 Å². The van der Waals surface area contributed by atoms with E-state index < -0.39 is 0 Å². The van der Waals surface area contributed by atoms with Crippen LogP contribution < -0.4 is 0 Å². The molecule has 0 bridgehead atoms. The predicted molar refractivity (Wildman–Crippen MR) is 82.2 cm³/mol. The van der Waals surface area contributed by atoms with Gasteiger partial charge in [-0.2, -0.15) is 0 Å². The van der Waals surface area contributed by atoms with Gasteiger partial charge in [0.05, 0.1) is 6.61 Å². The van der Waals surface area contributed by atoms with Crippen LogP contribution in [0.3, 0.4) is 0 Å². The van der Waals surface area contributed by atoms with Crippen molar-refractivity contribution in [2.75, 3.05) is 6.61 Å². The average molecular weight is 270 g/mol. The molecular weight excluding hydrogens is 236 g/mol. The maximum absolute atomic E-state index is 11.5. The van der Waals surface area contributed by atoms with Crippen molar-refractivity contribution in [2.45, 2.75) is 85.5 Å². The van der Waals surface area contributed by atoms with Crippen LogP contribution in [0.4, 0.5) is 0 Å². The van der Waals surface area contributed by atoms with Crippen LogP contribution in [0.5, 0.6) is 0 Å². The van der Waals surface area contributed by atoms with Crippen LogP contribution in [0.15, 0.2) is 0 Å². The van der Waals surface area contributed by atoms with Crippen LogP contribution in [0.25, 0.3) is 0 Å². The molecule has 114 valence electrons. The monoisotopic (exact) mass is 270 g/mol. The van der Waals surface area contributed by atoms with E-state index in [2.05, 4.69) is 27.7 Å². The van der Waals surface area contributed by atoms with Gasteiger partial charge in [0.25, 0.3) is 0 Å². The Balaban J connectivity index is 3.64. The minimum Gasteiger partial charge on any atom is -0.466 e. The van der Waals surface area contributed by atoms with Gasteiger partial charge in [-0.15, -0.1) is 0 Å². The van der Waals surface area contributed by atoms with Crippen LogP contribution in [-0.2, 0) is 9.53 Å². The van der Waals surface area contributed by atoms with Crippen molar-refractivity contribution >= 4 is 5.97 Å². The van der Waals surface area contributed by atoms with Crippen molar-refractivity contribution in [3.8, 4) is 0 Å². The molecule has 0 radical (unpaired) electrons. The number of ether oxygens (including phenoxy) is 1. The van der Waals surface area contributed by atoms with Gasteiger partial charge in [-0.05, 0) is 24.7 Å². The van der Waals surface area contributed by atoms with Gasteiger partial charge < -0.3 is 4.74 Å². The quantitative estimate of drug-likeness (QED) is 0.353. The van der Waals surface area contributed by atoms with E-state index >= 15 is 0 Å². The average Bonchev–Trinajstić information content (AvgIpc) is 2.38. The minimum atomic E-state index is -0.00546. The number of carbonyl (C=O) groups is 1. The smallest absolute Gasteiger partial charge is 0.305 e. The number of hydrogen-bond donors (Lipinski definition) is 0. The van der Waals surface area contributed by atoms with Gasteiger partial charge in [0.1, 0.15) is 0 Å². The molecule has 0 heterocycles. The van der Waals surface area contributed by atoms with Crippen LogP contribution in [0.1, 0.15) is 85.5 Å². The largest absolute Gasteiger partial charge is 0.466 e. The Bertz CT molecular complexity index is 211. The molecule has 1 atom stereocenters. The number of unbranched alkanes of at least 4 members (excludes halogenated alkanes) is 4. The SMILES string of the molecule is CCCCCCC(=O)OCCC(CCCC)C(C)C. The third-order valence-electron chi connectivity index (χ3n) is 3.86. The van der Waals surface area contributed by atoms with E-state index in [9.17, 15) is 4.79 Å². The summed E-state index contributed by atoms with van der Waals surface area (Å²) in [6.07, 6.45) is 9.99. The van der Waals surface area contributed by atoms with Gasteiger partial charge in [0, 0.05) is 6.42 Å². The molecule has 19 heavy (non-hydrogen) atoms. The zero-order valence-corrected chi connectivity index (χ0v) is 13.5. The molecule has 0 amide bonds. The van der Waals surface area contributed by atoms with Gasteiger partial charge in [0.15, 0.2) is 0 Å². The van der Waals surface area contributed by atoms with E-state index in [1.807, 2.05) is 0 Å². The van der Waals surface area contributed by atoms with Gasteiger partial charge in [-0.3, -0.25) is 4.79 Å². The van der Waals surface area contributed by atoms with E-state index in [4.69, 9.17) is 4.74 Å². The second-order valence-electron chi connectivity index (χ2n) is 5.97. The molecular formula is C17H34O2. The van der Waals surface area contributed by atoms with Gasteiger partial charge in [0.2, 0.25) is 0 Å². The topological polar surface area (TPSA) is 26.3 Å². The van der Waals surface area contributed by atoms with Crippen LogP contribution in [0, 0.1) is 11.8 Å². The lowest BCUT2D eigenvalue weighted by molar-refractivity contribution is -0.144. The van der Waals surface area contributed by atoms with Crippen molar-refractivity contribution in [3.05, 3.63) is 0 Å². The number of rotatable bonds is 12. The third-order valence-corrected chi connectivity index (χ3v) is 3.86. The Kier molecular flexibility index (Phi) is 12.2. The Morgan fingerprint density at radius 1 is 0.947 bits per heavy atom. The fourth-order valence-corrected chi connectivity index (χ4v) is 2.37. The second kappa shape index (κ2) is 12.5. The first-order valence-corrected chi connectivity index (χ1v) is 8.27. The summed E-state index contributed by atoms with van der Waals surface area (Å²) in [5.41, 5.74) is 0. The summed E-state index contributed by atoms with van der Waals surface area (Å²) < 4.78 is 5.34. The summed E-state index contributed by atoms with van der Waals surface area (Å²) in [7, 11) is 0. The summed E-state index contributed by atoms with van der Waals surface area (Å²) in [5.74, 6) is 1.39. The molecule has 0 aliphatic heterocycles. The van der Waals surface area contributed by atoms with Crippen molar-refractivity contribution in [2.24, 2.45) is 11.8 Å². The lowest BCUT2D eigenvalue weighted by atomic mass is 9.88. The maximum atomic E-state index is 11.5. The van der Waals surface area contributed by atoms with Crippen molar-refractivity contribution in [1.82, 2.24) is 0 Å². The maximum Gasteiger partial charge on any atom is 0.305 e. The first kappa shape index (κ1) is 18.5. The lowest BCUT2D eigenvalue weighted by Gasteiger charge is -2.20. The van der Waals surface area contributed by atoms with Crippen LogP contribution >= 0.6 is 0 Å². The molecule has 2 nitrogen and oxygen atoms in total. The van der Waals surface area contributed by atoms with Gasteiger partial charge >= 0.3 is 5.97 Å². The van der Waals surface area contributed by atoms with Gasteiger partial charge in [-0.25, -0.2) is 0 Å². The Morgan fingerprint density at radius 2 is 1.63 bits per heavy atom. The molecule has 0 aromatic rings. The standard InChI is InChI=1S/C17H34O2/c1-5-7-9-10-12-17(18)19-14-13-16(15(3)4)11-8-6-2/h15-16H,5-14H2,1-4H3. The number of carbonyl (C=O) groups excluding carboxylic acids is 1. The fraction of sp³-hybridized carbons (Fsp3) is 0.941. The molecule has 0 N–H and O–H groups in total. The van der Waals surface area contributed by atoms with Gasteiger partial charge in [-0.1, -0.05) is 66.2 Å². The molecule has 1 unspecified atom stereocenters. The van der Waals surface area contributed by atoms with E-state index in [1.165, 1.54) is 32.1 Å². The molecule has 0 aromatic carbocycles. The molecule has 2 heteroatoms. The highest BCUT2D eigenvalue weighted by molar-refractivity contribution is 5.69. The van der Waals surface area contributed by atoms with Crippen LogP contribution in [-0.4, -0.2) is 12.6 Å². The molecule has 0 saturated heterocycles. The molecule has 0 fully saturated rings. The first-order chi connectivity index (χ1) is 9.11. The van der Waals surface area contributed by atoms with Crippen LogP contribution in [0.2, 0.25) is 0 Å². The predicted octanol–water partition coefficient (Wildman–Crippen LogP) is 5.35. The first-order valence-electron chi connectivity index (χ1n) is 8.27. The van der Waals surface area contributed by atoms with Crippen molar-refractivity contribution in [3.63, 3.8) is 0 Å². The summed E-state index contributed by atoms with van der Waals surface area (Å²) in [4.78, 5) is 11.5. The molecule has 0 aromatic heterocycles. The van der Waals surface area contributed by atoms with E-state index in [0.29, 0.717) is 24.9 Å². The summed E-state index contributed by atoms with van der Waals surface area (Å²) in [6, 6.07) is 0. The van der Waals surface area contributed by atoms with E-state index in [-0.39, 0.29) is 5.97 Å². The summed E-state index contributed by atoms with van der Waals surface area (Å²) in [5, 5.41) is 0. The lowest BCUT2D eigenvalue weighted by Crippen LogP contribution is -2.14. The molecule has 0 saturated carbocycles. The fourth-order valence-electron chi connectivity index (χ4n) is 2.37. The molecule has 0 aliphatic rings. The minimum absolute atomic E-state index is 0.00546. The normalized spacial score (nSPS) is 12.7. The van der Waals surface area contributed by atoms with Crippen molar-refractivity contribution < 1.29 is 9.53 Å². The molecule has 0 spiro atoms. The van der Waals surface area contributed by atoms with E-state index in [1.54, 1.807) is 0 Å². The second-order valence-corrected chi connectivity index (χ2v) is 5.97. The third kappa shape index (κ3) is 11.0. The highest BCUT2D eigenvalue weighted by Crippen LogP contribution is 2.21. The number of esters is 1. The summed E-state index contributed by atoms with van der Waals surface area (Å²) >= 11 is 0. The number of hydrogen-bond acceptors (Lipinski definition) is 2. The zero-order valence-electron chi connectivity index (χ0n) is 13.5.